The summed E-state index contributed by atoms with van der Waals surface area (Å²) < 4.78 is 11.3. The van der Waals surface area contributed by atoms with Crippen LogP contribution in [0.3, 0.4) is 0 Å². The van der Waals surface area contributed by atoms with Gasteiger partial charge in [-0.1, -0.05) is 42.6 Å². The summed E-state index contributed by atoms with van der Waals surface area (Å²) in [6.45, 7) is 0. The van der Waals surface area contributed by atoms with Gasteiger partial charge in [0.15, 0.2) is 22.9 Å². The number of methoxy groups -OCH3 is 1. The number of carbonyl (C=O) groups excluding carboxylic acids is 2. The van der Waals surface area contributed by atoms with E-state index in [0.29, 0.717) is 21.7 Å². The zero-order valence-corrected chi connectivity index (χ0v) is 19.8. The van der Waals surface area contributed by atoms with Crippen molar-refractivity contribution < 1.29 is 23.8 Å². The van der Waals surface area contributed by atoms with E-state index in [2.05, 4.69) is 4.98 Å². The molecule has 35 heavy (non-hydrogen) atoms. The predicted octanol–water partition coefficient (Wildman–Crippen LogP) is 6.10. The number of nitrogens with one attached hydrogen (secondary N) is 1. The van der Waals surface area contributed by atoms with Crippen LogP contribution < -0.4 is 4.74 Å². The largest absolute Gasteiger partial charge is 0.503 e. The molecule has 1 aliphatic heterocycles. The van der Waals surface area contributed by atoms with Crippen molar-refractivity contribution in [1.29, 1.82) is 0 Å². The summed E-state index contributed by atoms with van der Waals surface area (Å²) in [6, 6.07) is 11.8. The van der Waals surface area contributed by atoms with E-state index in [4.69, 9.17) is 20.8 Å². The van der Waals surface area contributed by atoms with Gasteiger partial charge in [-0.05, 0) is 31.0 Å². The lowest BCUT2D eigenvalue weighted by atomic mass is 9.93. The Morgan fingerprint density at radius 2 is 1.97 bits per heavy atom. The number of aromatic nitrogens is 1. The van der Waals surface area contributed by atoms with Gasteiger partial charge >= 0.3 is 0 Å². The van der Waals surface area contributed by atoms with Crippen LogP contribution in [0.1, 0.15) is 47.8 Å². The Morgan fingerprint density at radius 3 is 2.74 bits per heavy atom. The number of ketones is 1. The van der Waals surface area contributed by atoms with Gasteiger partial charge in [-0.15, -0.1) is 0 Å². The number of Topliss-reactive ketones (excluding diaryl/α,β-unsaturated/α-hetero) is 1. The zero-order chi connectivity index (χ0) is 24.3. The summed E-state index contributed by atoms with van der Waals surface area (Å²) in [5, 5.41) is 13.0. The number of amides is 1. The number of aliphatic hydroxyl groups excluding tert-OH is 1. The number of hydrogen-bond acceptors (Lipinski definition) is 5. The van der Waals surface area contributed by atoms with Crippen LogP contribution in [-0.4, -0.2) is 39.8 Å². The molecule has 0 spiro atoms. The van der Waals surface area contributed by atoms with Crippen LogP contribution in [0.15, 0.2) is 64.4 Å². The van der Waals surface area contributed by atoms with Gasteiger partial charge in [0.05, 0.1) is 18.7 Å². The van der Waals surface area contributed by atoms with Gasteiger partial charge in [-0.25, -0.2) is 0 Å². The number of nitrogens with zero attached hydrogens (tertiary/aromatic N) is 1. The number of ether oxygens (including phenoxy) is 1. The van der Waals surface area contributed by atoms with E-state index in [-0.39, 0.29) is 17.4 Å². The molecule has 1 aliphatic carbocycles. The van der Waals surface area contributed by atoms with Crippen LogP contribution in [0, 0.1) is 0 Å². The highest BCUT2D eigenvalue weighted by atomic mass is 35.5. The van der Waals surface area contributed by atoms with Crippen molar-refractivity contribution in [2.24, 2.45) is 0 Å². The van der Waals surface area contributed by atoms with Crippen LogP contribution in [0.4, 0.5) is 0 Å². The minimum atomic E-state index is -0.729. The van der Waals surface area contributed by atoms with Crippen LogP contribution >= 0.6 is 11.6 Å². The van der Waals surface area contributed by atoms with Gasteiger partial charge in [0, 0.05) is 45.2 Å². The number of fused-ring (bicyclic) bond motifs is 2. The number of halogens is 1. The third kappa shape index (κ3) is 3.33. The number of carbonyl (C=O) groups is 2. The molecule has 1 unspecified atom stereocenters. The summed E-state index contributed by atoms with van der Waals surface area (Å²) in [5.74, 6) is -1.18. The van der Waals surface area contributed by atoms with Crippen LogP contribution in [-0.2, 0) is 4.79 Å². The topological polar surface area (TPSA) is 95.8 Å². The van der Waals surface area contributed by atoms with Crippen LogP contribution in [0.5, 0.6) is 5.75 Å². The Kier molecular flexibility index (Phi) is 5.11. The number of furan rings is 1. The van der Waals surface area contributed by atoms with E-state index in [1.54, 1.807) is 23.1 Å². The molecule has 2 aromatic carbocycles. The Labute approximate surface area is 205 Å². The molecule has 6 rings (SSSR count). The molecule has 0 saturated heterocycles. The second-order valence-electron chi connectivity index (χ2n) is 9.07. The highest BCUT2D eigenvalue weighted by Gasteiger charge is 2.48. The van der Waals surface area contributed by atoms with E-state index in [1.807, 2.05) is 30.5 Å². The molecule has 2 aliphatic rings. The fourth-order valence-electron chi connectivity index (χ4n) is 5.52. The maximum absolute atomic E-state index is 13.9. The van der Waals surface area contributed by atoms with Crippen molar-refractivity contribution in [3.05, 3.63) is 76.3 Å². The van der Waals surface area contributed by atoms with Gasteiger partial charge < -0.3 is 24.1 Å². The molecule has 2 aromatic heterocycles. The van der Waals surface area contributed by atoms with E-state index in [0.717, 1.165) is 42.1 Å². The van der Waals surface area contributed by atoms with Crippen molar-refractivity contribution in [3.63, 3.8) is 0 Å². The van der Waals surface area contributed by atoms with Crippen molar-refractivity contribution in [2.45, 2.75) is 37.8 Å². The minimum absolute atomic E-state index is 0.00744. The Hall–Kier alpha value is -3.71. The molecular weight excluding hydrogens is 468 g/mol. The average Bonchev–Trinajstić information content (AvgIpc) is 3.64. The molecule has 0 radical (unpaired) electrons. The van der Waals surface area contributed by atoms with Crippen molar-refractivity contribution in [2.75, 3.05) is 7.11 Å². The van der Waals surface area contributed by atoms with E-state index in [1.165, 1.54) is 7.11 Å². The molecule has 8 heteroatoms. The Morgan fingerprint density at radius 1 is 1.20 bits per heavy atom. The van der Waals surface area contributed by atoms with Crippen molar-refractivity contribution >= 4 is 45.2 Å². The third-order valence-electron chi connectivity index (χ3n) is 7.11. The van der Waals surface area contributed by atoms with Gasteiger partial charge in [-0.2, -0.15) is 0 Å². The van der Waals surface area contributed by atoms with Gasteiger partial charge in [0.25, 0.3) is 5.91 Å². The number of aliphatic hydroxyl groups is 1. The first-order chi connectivity index (χ1) is 17.0. The SMILES string of the molecule is COc1cc(Cl)cc2cc(C(=O)C3=C(O)C(=O)N(C4CCCC4)C3c3c[nH]c4ccccc34)oc12. The van der Waals surface area contributed by atoms with Crippen molar-refractivity contribution in [3.8, 4) is 5.75 Å². The fraction of sp³-hybridized carbons (Fsp3) is 0.259. The maximum Gasteiger partial charge on any atom is 0.290 e. The molecule has 178 valence electrons. The van der Waals surface area contributed by atoms with Crippen molar-refractivity contribution in [1.82, 2.24) is 9.88 Å². The molecule has 7 nitrogen and oxygen atoms in total. The number of rotatable bonds is 5. The quantitative estimate of drug-likeness (QED) is 0.330. The molecule has 1 saturated carbocycles. The first kappa shape index (κ1) is 21.8. The smallest absolute Gasteiger partial charge is 0.290 e. The number of para-hydroxylation sites is 1. The lowest BCUT2D eigenvalue weighted by Gasteiger charge is -2.31. The van der Waals surface area contributed by atoms with E-state index in [9.17, 15) is 14.7 Å². The number of H-pyrrole nitrogens is 1. The molecule has 1 fully saturated rings. The Bertz CT molecular complexity index is 1530. The summed E-state index contributed by atoms with van der Waals surface area (Å²) in [7, 11) is 1.49. The second-order valence-corrected chi connectivity index (χ2v) is 9.51. The minimum Gasteiger partial charge on any atom is -0.503 e. The fourth-order valence-corrected chi connectivity index (χ4v) is 5.74. The normalized spacial score (nSPS) is 19.0. The highest BCUT2D eigenvalue weighted by molar-refractivity contribution is 6.31. The summed E-state index contributed by atoms with van der Waals surface area (Å²) in [4.78, 5) is 32.2. The molecular formula is C27H23ClN2O5. The van der Waals surface area contributed by atoms with Crippen LogP contribution in [0.2, 0.25) is 5.02 Å². The summed E-state index contributed by atoms with van der Waals surface area (Å²) in [5.41, 5.74) is 2.06. The zero-order valence-electron chi connectivity index (χ0n) is 19.0. The van der Waals surface area contributed by atoms with Crippen LogP contribution in [0.25, 0.3) is 21.9 Å². The highest BCUT2D eigenvalue weighted by Crippen LogP contribution is 2.45. The molecule has 0 bridgehead atoms. The first-order valence-corrected chi connectivity index (χ1v) is 12.0. The standard InChI is InChI=1S/C27H23ClN2O5/c1-34-21-12-15(28)10-14-11-20(35-26(14)21)24(31)22-23(18-13-29-19-9-5-4-8-17(18)19)30(27(33)25(22)32)16-6-2-3-7-16/h4-5,8-13,16,23,29,32H,2-3,6-7H2,1H3. The first-order valence-electron chi connectivity index (χ1n) is 11.6. The lowest BCUT2D eigenvalue weighted by Crippen LogP contribution is -2.38. The molecule has 2 N–H and O–H groups in total. The maximum atomic E-state index is 13.9. The lowest BCUT2D eigenvalue weighted by molar-refractivity contribution is -0.131. The third-order valence-corrected chi connectivity index (χ3v) is 7.33. The van der Waals surface area contributed by atoms with Gasteiger partial charge in [0.2, 0.25) is 5.78 Å². The molecule has 1 atom stereocenters. The monoisotopic (exact) mass is 490 g/mol. The van der Waals surface area contributed by atoms with Gasteiger partial charge in [0.1, 0.15) is 0 Å². The molecule has 1 amide bonds. The predicted molar refractivity (Wildman–Crippen MR) is 132 cm³/mol. The summed E-state index contributed by atoms with van der Waals surface area (Å²) in [6.07, 6.45) is 5.49. The second kappa shape index (κ2) is 8.20. The summed E-state index contributed by atoms with van der Waals surface area (Å²) >= 11 is 6.19. The molecule has 4 aromatic rings. The number of benzene rings is 2. The number of aromatic amines is 1. The van der Waals surface area contributed by atoms with Gasteiger partial charge in [-0.3, -0.25) is 9.59 Å². The van der Waals surface area contributed by atoms with E-state index < -0.39 is 23.5 Å². The number of hydrogen-bond donors (Lipinski definition) is 2. The van der Waals surface area contributed by atoms with E-state index >= 15 is 0 Å². The average molecular weight is 491 g/mol. The Balaban J connectivity index is 1.51. The molecule has 3 heterocycles.